The Morgan fingerprint density at radius 1 is 1.24 bits per heavy atom. The Morgan fingerprint density at radius 3 is 2.47 bits per heavy atom. The van der Waals surface area contributed by atoms with Gasteiger partial charge in [0.05, 0.1) is 0 Å². The van der Waals surface area contributed by atoms with Gasteiger partial charge in [0.25, 0.3) is 0 Å². The molecular formula is C14H24N2O. The van der Waals surface area contributed by atoms with Crippen molar-refractivity contribution in [3.05, 3.63) is 12.7 Å². The van der Waals surface area contributed by atoms with Crippen LogP contribution in [0.2, 0.25) is 0 Å². The average molecular weight is 236 g/mol. The molecule has 0 aromatic rings. The van der Waals surface area contributed by atoms with Crippen LogP contribution in [-0.4, -0.2) is 37.0 Å². The van der Waals surface area contributed by atoms with E-state index in [9.17, 15) is 4.79 Å². The van der Waals surface area contributed by atoms with Crippen LogP contribution in [0.25, 0.3) is 0 Å². The number of allylic oxidation sites excluding steroid dienone is 1. The van der Waals surface area contributed by atoms with E-state index in [-0.39, 0.29) is 0 Å². The van der Waals surface area contributed by atoms with Crippen molar-refractivity contribution in [1.29, 1.82) is 0 Å². The molecule has 0 aliphatic carbocycles. The predicted molar refractivity (Wildman–Crippen MR) is 69.8 cm³/mol. The van der Waals surface area contributed by atoms with Gasteiger partial charge in [-0.05, 0) is 50.6 Å². The molecule has 0 aromatic heterocycles. The van der Waals surface area contributed by atoms with Crippen LogP contribution in [0.15, 0.2) is 12.7 Å². The van der Waals surface area contributed by atoms with Crippen molar-refractivity contribution in [2.24, 2.45) is 5.41 Å². The molecule has 0 aromatic carbocycles. The molecule has 2 aliphatic heterocycles. The first-order valence-electron chi connectivity index (χ1n) is 6.85. The van der Waals surface area contributed by atoms with Gasteiger partial charge in [0.15, 0.2) is 0 Å². The minimum Gasteiger partial charge on any atom is -0.343 e. The van der Waals surface area contributed by atoms with E-state index < -0.39 is 0 Å². The number of carbonyl (C=O) groups is 1. The number of amides is 1. The van der Waals surface area contributed by atoms with Gasteiger partial charge in [-0.1, -0.05) is 6.08 Å². The molecule has 0 unspecified atom stereocenters. The van der Waals surface area contributed by atoms with Crippen LogP contribution < -0.4 is 5.32 Å². The van der Waals surface area contributed by atoms with E-state index in [0.717, 1.165) is 32.6 Å². The van der Waals surface area contributed by atoms with Crippen molar-refractivity contribution in [2.45, 2.75) is 38.5 Å². The fourth-order valence-corrected chi connectivity index (χ4v) is 3.07. The molecule has 3 heteroatoms. The van der Waals surface area contributed by atoms with Crippen LogP contribution in [0.1, 0.15) is 38.5 Å². The molecular weight excluding hydrogens is 212 g/mol. The molecule has 2 fully saturated rings. The lowest BCUT2D eigenvalue weighted by Gasteiger charge is -2.44. The number of rotatable bonds is 3. The van der Waals surface area contributed by atoms with Gasteiger partial charge >= 0.3 is 0 Å². The summed E-state index contributed by atoms with van der Waals surface area (Å²) in [7, 11) is 0. The predicted octanol–water partition coefficient (Wildman–Crippen LogP) is 1.94. The van der Waals surface area contributed by atoms with Crippen LogP contribution in [-0.2, 0) is 4.79 Å². The molecule has 2 aliphatic rings. The van der Waals surface area contributed by atoms with Gasteiger partial charge in [-0.15, -0.1) is 6.58 Å². The number of piperidine rings is 2. The molecule has 0 atom stereocenters. The summed E-state index contributed by atoms with van der Waals surface area (Å²) < 4.78 is 0. The topological polar surface area (TPSA) is 32.3 Å². The molecule has 2 heterocycles. The summed E-state index contributed by atoms with van der Waals surface area (Å²) in [6, 6.07) is 0. The third-order valence-corrected chi connectivity index (χ3v) is 4.40. The summed E-state index contributed by atoms with van der Waals surface area (Å²) in [5.41, 5.74) is 0.542. The maximum absolute atomic E-state index is 11.9. The smallest absolute Gasteiger partial charge is 0.222 e. The lowest BCUT2D eigenvalue weighted by molar-refractivity contribution is -0.133. The Kier molecular flexibility index (Phi) is 4.21. The molecule has 0 saturated carbocycles. The van der Waals surface area contributed by atoms with Gasteiger partial charge in [0.2, 0.25) is 5.91 Å². The Morgan fingerprint density at radius 2 is 1.88 bits per heavy atom. The fraction of sp³-hybridized carbons (Fsp3) is 0.786. The number of nitrogens with zero attached hydrogens (tertiary/aromatic N) is 1. The number of hydrogen-bond acceptors (Lipinski definition) is 2. The van der Waals surface area contributed by atoms with E-state index in [2.05, 4.69) is 16.8 Å². The molecule has 1 spiro atoms. The highest BCUT2D eigenvalue weighted by atomic mass is 16.2. The number of hydrogen-bond donors (Lipinski definition) is 1. The molecule has 2 saturated heterocycles. The Bertz CT molecular complexity index is 272. The standard InChI is InChI=1S/C14H24N2O/c1-2-3-4-13(17)16-11-7-14(8-12-16)5-9-15-10-6-14/h2,15H,1,3-12H2. The van der Waals surface area contributed by atoms with Gasteiger partial charge in [-0.3, -0.25) is 4.79 Å². The largest absolute Gasteiger partial charge is 0.343 e. The Hall–Kier alpha value is -0.830. The summed E-state index contributed by atoms with van der Waals surface area (Å²) in [4.78, 5) is 13.9. The highest BCUT2D eigenvalue weighted by Crippen LogP contribution is 2.39. The quantitative estimate of drug-likeness (QED) is 0.760. The second kappa shape index (κ2) is 5.67. The first-order chi connectivity index (χ1) is 8.26. The van der Waals surface area contributed by atoms with Gasteiger partial charge in [-0.2, -0.15) is 0 Å². The van der Waals surface area contributed by atoms with E-state index in [1.54, 1.807) is 0 Å². The maximum atomic E-state index is 11.9. The van der Waals surface area contributed by atoms with Crippen LogP contribution in [0.4, 0.5) is 0 Å². The van der Waals surface area contributed by atoms with Crippen LogP contribution in [0.5, 0.6) is 0 Å². The van der Waals surface area contributed by atoms with E-state index in [1.807, 2.05) is 6.08 Å². The normalized spacial score (nSPS) is 23.6. The van der Waals surface area contributed by atoms with Crippen molar-refractivity contribution >= 4 is 5.91 Å². The SMILES string of the molecule is C=CCCC(=O)N1CCC2(CCNCC2)CC1. The third kappa shape index (κ3) is 3.09. The van der Waals surface area contributed by atoms with Crippen molar-refractivity contribution in [3.63, 3.8) is 0 Å². The number of carbonyl (C=O) groups excluding carboxylic acids is 1. The van der Waals surface area contributed by atoms with Crippen molar-refractivity contribution in [3.8, 4) is 0 Å². The monoisotopic (exact) mass is 236 g/mol. The van der Waals surface area contributed by atoms with Crippen molar-refractivity contribution < 1.29 is 4.79 Å². The lowest BCUT2D eigenvalue weighted by Crippen LogP contribution is -2.47. The molecule has 0 radical (unpaired) electrons. The third-order valence-electron chi connectivity index (χ3n) is 4.40. The van der Waals surface area contributed by atoms with Crippen molar-refractivity contribution in [1.82, 2.24) is 10.2 Å². The number of nitrogens with one attached hydrogen (secondary N) is 1. The molecule has 3 nitrogen and oxygen atoms in total. The molecule has 17 heavy (non-hydrogen) atoms. The van der Waals surface area contributed by atoms with Crippen molar-refractivity contribution in [2.75, 3.05) is 26.2 Å². The van der Waals surface area contributed by atoms with Gasteiger partial charge < -0.3 is 10.2 Å². The zero-order valence-corrected chi connectivity index (χ0v) is 10.7. The van der Waals surface area contributed by atoms with Gasteiger partial charge in [-0.25, -0.2) is 0 Å². The Labute approximate surface area is 104 Å². The van der Waals surface area contributed by atoms with E-state index in [4.69, 9.17) is 0 Å². The summed E-state index contributed by atoms with van der Waals surface area (Å²) >= 11 is 0. The molecule has 1 N–H and O–H groups in total. The second-order valence-electron chi connectivity index (χ2n) is 5.46. The first kappa shape index (κ1) is 12.6. The van der Waals surface area contributed by atoms with Gasteiger partial charge in [0.1, 0.15) is 0 Å². The lowest BCUT2D eigenvalue weighted by atomic mass is 9.71. The molecule has 1 amide bonds. The maximum Gasteiger partial charge on any atom is 0.222 e. The van der Waals surface area contributed by atoms with Crippen LogP contribution >= 0.6 is 0 Å². The van der Waals surface area contributed by atoms with Crippen LogP contribution in [0, 0.1) is 5.41 Å². The molecule has 96 valence electrons. The zero-order valence-electron chi connectivity index (χ0n) is 10.7. The van der Waals surface area contributed by atoms with Gasteiger partial charge in [0, 0.05) is 19.5 Å². The summed E-state index contributed by atoms with van der Waals surface area (Å²) in [6.45, 7) is 7.92. The van der Waals surface area contributed by atoms with E-state index in [0.29, 0.717) is 17.7 Å². The minimum absolute atomic E-state index is 0.314. The van der Waals surface area contributed by atoms with E-state index >= 15 is 0 Å². The minimum atomic E-state index is 0.314. The number of likely N-dealkylation sites (tertiary alicyclic amines) is 1. The summed E-state index contributed by atoms with van der Waals surface area (Å²) in [5, 5.41) is 3.43. The fourth-order valence-electron chi connectivity index (χ4n) is 3.07. The average Bonchev–Trinajstić information content (AvgIpc) is 2.38. The first-order valence-corrected chi connectivity index (χ1v) is 6.85. The van der Waals surface area contributed by atoms with Crippen LogP contribution in [0.3, 0.4) is 0 Å². The Balaban J connectivity index is 1.80. The second-order valence-corrected chi connectivity index (χ2v) is 5.46. The highest BCUT2D eigenvalue weighted by Gasteiger charge is 2.36. The summed E-state index contributed by atoms with van der Waals surface area (Å²) in [6.07, 6.45) is 8.27. The highest BCUT2D eigenvalue weighted by molar-refractivity contribution is 5.76. The van der Waals surface area contributed by atoms with E-state index in [1.165, 1.54) is 25.7 Å². The zero-order chi connectivity index (χ0) is 12.1. The molecule has 2 rings (SSSR count). The summed E-state index contributed by atoms with van der Waals surface area (Å²) in [5.74, 6) is 0.314. The molecule has 0 bridgehead atoms.